The van der Waals surface area contributed by atoms with Gasteiger partial charge in [0.2, 0.25) is 0 Å². The molecule has 0 heterocycles. The van der Waals surface area contributed by atoms with Crippen molar-refractivity contribution < 1.29 is 55.3 Å². The molecule has 1 atom stereocenters. The molecule has 66 valence electrons. The van der Waals surface area contributed by atoms with Crippen molar-refractivity contribution in [2.45, 2.75) is 26.4 Å². The van der Waals surface area contributed by atoms with E-state index in [0.29, 0.717) is 0 Å². The second kappa shape index (κ2) is 9.11. The molecule has 0 fully saturated rings. The largest absolute Gasteiger partial charge is 1.00 e. The summed E-state index contributed by atoms with van der Waals surface area (Å²) in [5.74, 6) is 0. The predicted octanol–water partition coefficient (Wildman–Crippen LogP) is -4.72. The van der Waals surface area contributed by atoms with Gasteiger partial charge in [-0.2, -0.15) is 0 Å². The third-order valence-corrected chi connectivity index (χ3v) is 0.591. The molecule has 7 heteroatoms. The summed E-state index contributed by atoms with van der Waals surface area (Å²) >= 11 is 0. The Morgan fingerprint density at radius 2 is 1.36 bits per heavy atom. The molecule has 0 amide bonds. The van der Waals surface area contributed by atoms with Crippen molar-refractivity contribution in [3.8, 4) is 0 Å². The number of aliphatic hydroxyl groups excluding tert-OH is 1. The van der Waals surface area contributed by atoms with E-state index in [4.69, 9.17) is 24.3 Å². The van der Waals surface area contributed by atoms with Crippen molar-refractivity contribution in [3.63, 3.8) is 0 Å². The van der Waals surface area contributed by atoms with Crippen molar-refractivity contribution in [1.29, 1.82) is 0 Å². The molecule has 0 saturated heterocycles. The van der Waals surface area contributed by atoms with Crippen LogP contribution in [0, 0.1) is 0 Å². The third-order valence-electron chi connectivity index (χ3n) is 0.591. The molecular weight excluding hydrogens is 179 g/mol. The van der Waals surface area contributed by atoms with Gasteiger partial charge in [0, 0.05) is 0 Å². The number of aliphatic hydroxyl groups is 1. The minimum Gasteiger partial charge on any atom is -1.00 e. The summed E-state index contributed by atoms with van der Waals surface area (Å²) in [5, 5.41) is 8.36. The van der Waals surface area contributed by atoms with Gasteiger partial charge in [-0.25, -0.2) is 0 Å². The Morgan fingerprint density at radius 1 is 1.27 bits per heavy atom. The second-order valence-corrected chi connectivity index (χ2v) is 3.06. The van der Waals surface area contributed by atoms with Crippen LogP contribution in [0.5, 0.6) is 0 Å². The van der Waals surface area contributed by atoms with E-state index in [9.17, 15) is 0 Å². The summed E-state index contributed by atoms with van der Waals surface area (Å²) in [6.45, 7) is 3.73. The fourth-order valence-electron chi connectivity index (χ4n) is 0. The van der Waals surface area contributed by atoms with E-state index in [1.807, 2.05) is 6.92 Å². The van der Waals surface area contributed by atoms with Gasteiger partial charge in [-0.3, -0.25) is 0 Å². The van der Waals surface area contributed by atoms with Gasteiger partial charge in [0.25, 0.3) is 0 Å². The summed E-state index contributed by atoms with van der Waals surface area (Å²) in [4.78, 5) is 29.3. The molecule has 0 aromatic rings. The monoisotopic (exact) mass is 194 g/mol. The zero-order valence-corrected chi connectivity index (χ0v) is 10.0. The molecule has 0 radical (unpaired) electrons. The smallest absolute Gasteiger partial charge is 1.00 e. The van der Waals surface area contributed by atoms with Crippen molar-refractivity contribution in [2.24, 2.45) is 0 Å². The second-order valence-electron chi connectivity index (χ2n) is 1.86. The Balaban J connectivity index is -0.0000000457. The first-order valence-corrected chi connectivity index (χ1v) is 4.63. The van der Waals surface area contributed by atoms with E-state index in [1.54, 1.807) is 6.92 Å². The van der Waals surface area contributed by atoms with Crippen molar-refractivity contribution >= 4 is 9.05 Å². The zero-order valence-electron chi connectivity index (χ0n) is 8.02. The van der Waals surface area contributed by atoms with Crippen LogP contribution in [-0.2, 0) is 0 Å². The fourth-order valence-corrected chi connectivity index (χ4v) is 0. The molecule has 5 nitrogen and oxygen atoms in total. The van der Waals surface area contributed by atoms with Crippen LogP contribution >= 0.6 is 0 Å². The SMILES string of the molecule is CCC(C)O.O[Si](O)(O)O.[H-].[Na+]. The molecule has 0 aliphatic carbocycles. The molecule has 0 aliphatic heterocycles. The maximum absolute atomic E-state index is 8.36. The summed E-state index contributed by atoms with van der Waals surface area (Å²) in [7, 11) is -4.61. The predicted molar refractivity (Wildman–Crippen MR) is 37.7 cm³/mol. The summed E-state index contributed by atoms with van der Waals surface area (Å²) in [6.07, 6.45) is 0.745. The van der Waals surface area contributed by atoms with Gasteiger partial charge in [-0.05, 0) is 13.3 Å². The van der Waals surface area contributed by atoms with E-state index in [0.717, 1.165) is 6.42 Å². The molecule has 11 heavy (non-hydrogen) atoms. The molecule has 0 bridgehead atoms. The first-order chi connectivity index (χ1) is 4.27. The third kappa shape index (κ3) is 98.4. The van der Waals surface area contributed by atoms with Gasteiger partial charge in [0.05, 0.1) is 6.10 Å². The van der Waals surface area contributed by atoms with Gasteiger partial charge < -0.3 is 25.7 Å². The standard InChI is InChI=1S/C4H10O.Na.H4O4Si.H/c1-3-4(2)5;;1-5(2,3)4;/h4-5H,3H2,1-2H3;;1-4H;/q;+1;;-1. The van der Waals surface area contributed by atoms with E-state index in [2.05, 4.69) is 0 Å². The molecular formula is C4H15NaO5Si. The van der Waals surface area contributed by atoms with E-state index in [-0.39, 0.29) is 37.1 Å². The number of hydrogen-bond donors (Lipinski definition) is 5. The average Bonchev–Trinajstić information content (AvgIpc) is 1.61. The first-order valence-electron chi connectivity index (χ1n) is 2.85. The maximum Gasteiger partial charge on any atom is 1.00 e. The number of hydrogen-bond acceptors (Lipinski definition) is 5. The maximum atomic E-state index is 8.36. The quantitative estimate of drug-likeness (QED) is 0.270. The van der Waals surface area contributed by atoms with E-state index >= 15 is 0 Å². The van der Waals surface area contributed by atoms with E-state index in [1.165, 1.54) is 0 Å². The molecule has 0 saturated carbocycles. The number of rotatable bonds is 1. The van der Waals surface area contributed by atoms with Crippen LogP contribution in [0.4, 0.5) is 0 Å². The van der Waals surface area contributed by atoms with Crippen LogP contribution in [0.1, 0.15) is 21.7 Å². The van der Waals surface area contributed by atoms with Crippen molar-refractivity contribution in [2.75, 3.05) is 0 Å². The minimum atomic E-state index is -4.61. The summed E-state index contributed by atoms with van der Waals surface area (Å²) in [6, 6.07) is 0. The van der Waals surface area contributed by atoms with Gasteiger partial charge in [-0.1, -0.05) is 6.92 Å². The van der Waals surface area contributed by atoms with Crippen molar-refractivity contribution in [3.05, 3.63) is 0 Å². The van der Waals surface area contributed by atoms with Gasteiger partial charge in [0.1, 0.15) is 0 Å². The Bertz CT molecular complexity index is 72.3. The van der Waals surface area contributed by atoms with Crippen LogP contribution in [0.15, 0.2) is 0 Å². The van der Waals surface area contributed by atoms with Crippen LogP contribution in [0.2, 0.25) is 0 Å². The summed E-state index contributed by atoms with van der Waals surface area (Å²) < 4.78 is 0. The average molecular weight is 194 g/mol. The molecule has 5 N–H and O–H groups in total. The molecule has 0 aromatic heterocycles. The molecule has 0 rings (SSSR count). The Hall–Kier alpha value is 1.02. The fraction of sp³-hybridized carbons (Fsp3) is 1.00. The van der Waals surface area contributed by atoms with Gasteiger partial charge >= 0.3 is 38.6 Å². The van der Waals surface area contributed by atoms with Crippen LogP contribution in [0.25, 0.3) is 0 Å². The van der Waals surface area contributed by atoms with E-state index < -0.39 is 9.05 Å². The molecule has 0 spiro atoms. The van der Waals surface area contributed by atoms with Gasteiger partial charge in [-0.15, -0.1) is 0 Å². The zero-order chi connectivity index (χ0) is 8.78. The van der Waals surface area contributed by atoms with Crippen molar-refractivity contribution in [1.82, 2.24) is 0 Å². The normalized spacial score (nSPS) is 12.3. The van der Waals surface area contributed by atoms with Crippen LogP contribution < -0.4 is 29.6 Å². The summed E-state index contributed by atoms with van der Waals surface area (Å²) in [5.41, 5.74) is 0. The molecule has 0 aliphatic rings. The first kappa shape index (κ1) is 17.9. The topological polar surface area (TPSA) is 101 Å². The Labute approximate surface area is 90.6 Å². The van der Waals surface area contributed by atoms with Crippen LogP contribution in [-0.4, -0.2) is 39.4 Å². The minimum absolute atomic E-state index is 0. The van der Waals surface area contributed by atoms with Gasteiger partial charge in [0.15, 0.2) is 0 Å². The molecule has 0 aromatic carbocycles. The Morgan fingerprint density at radius 3 is 1.36 bits per heavy atom. The molecule has 1 unspecified atom stereocenters. The van der Waals surface area contributed by atoms with Crippen LogP contribution in [0.3, 0.4) is 0 Å². The Kier molecular flexibility index (Phi) is 14.9.